The van der Waals surface area contributed by atoms with Crippen molar-refractivity contribution in [1.82, 2.24) is 4.90 Å². The molecule has 0 spiro atoms. The number of nitrogens with zero attached hydrogens (tertiary/aromatic N) is 1. The van der Waals surface area contributed by atoms with Gasteiger partial charge in [-0.15, -0.1) is 0 Å². The summed E-state index contributed by atoms with van der Waals surface area (Å²) in [6.07, 6.45) is 2.63. The lowest BCUT2D eigenvalue weighted by atomic mass is 9.82. The van der Waals surface area contributed by atoms with Gasteiger partial charge in [-0.3, -0.25) is 9.59 Å². The van der Waals surface area contributed by atoms with E-state index < -0.39 is 33.3 Å². The molecule has 2 aliphatic rings. The van der Waals surface area contributed by atoms with Crippen LogP contribution < -0.4 is 11.1 Å². The number of rotatable bonds is 8. The minimum atomic E-state index is -3.70. The molecule has 3 N–H and O–H groups in total. The number of carbonyl (C=O) groups excluding carboxylic acids is 2. The molecule has 4 atom stereocenters. The van der Waals surface area contributed by atoms with Crippen molar-refractivity contribution in [2.75, 3.05) is 11.1 Å². The van der Waals surface area contributed by atoms with E-state index in [1.54, 1.807) is 4.90 Å². The van der Waals surface area contributed by atoms with Crippen LogP contribution in [0.15, 0.2) is 41.3 Å². The summed E-state index contributed by atoms with van der Waals surface area (Å²) in [6, 6.07) is 6.50. The molecule has 2 saturated heterocycles. The van der Waals surface area contributed by atoms with Gasteiger partial charge in [0.25, 0.3) is 0 Å². The predicted octanol–water partition coefficient (Wildman–Crippen LogP) is 3.57. The van der Waals surface area contributed by atoms with Gasteiger partial charge < -0.3 is 16.0 Å². The van der Waals surface area contributed by atoms with Crippen LogP contribution in [0.2, 0.25) is 0 Å². The average Bonchev–Trinajstić information content (AvgIpc) is 3.10. The molecule has 4 rings (SSSR count). The first-order valence-corrected chi connectivity index (χ1v) is 13.9. The van der Waals surface area contributed by atoms with Crippen LogP contribution in [-0.4, -0.2) is 49.0 Å². The Morgan fingerprint density at radius 1 is 1.03 bits per heavy atom. The zero-order chi connectivity index (χ0) is 26.9. The second kappa shape index (κ2) is 10.8. The van der Waals surface area contributed by atoms with E-state index in [1.807, 2.05) is 0 Å². The smallest absolute Gasteiger partial charge is 0.224 e. The van der Waals surface area contributed by atoms with Crippen LogP contribution in [0.4, 0.5) is 18.9 Å². The topological polar surface area (TPSA) is 110 Å². The second-order valence-electron chi connectivity index (χ2n) is 9.92. The Bertz CT molecular complexity index is 1270. The lowest BCUT2D eigenvalue weighted by Gasteiger charge is -2.41. The van der Waals surface area contributed by atoms with Gasteiger partial charge in [-0.25, -0.2) is 21.6 Å². The molecule has 7 nitrogen and oxygen atoms in total. The summed E-state index contributed by atoms with van der Waals surface area (Å²) in [5, 5.41) is 2.57. The fraction of sp³-hybridized carbons (Fsp3) is 0.462. The Kier molecular flexibility index (Phi) is 7.94. The van der Waals surface area contributed by atoms with Gasteiger partial charge in [0.15, 0.2) is 21.5 Å². The normalized spacial score (nSPS) is 22.1. The number of nitrogens with two attached hydrogens (primary N) is 1. The van der Waals surface area contributed by atoms with Gasteiger partial charge in [0.2, 0.25) is 11.8 Å². The number of hydrogen-bond acceptors (Lipinski definition) is 5. The van der Waals surface area contributed by atoms with Crippen molar-refractivity contribution < 1.29 is 31.2 Å². The van der Waals surface area contributed by atoms with Crippen LogP contribution >= 0.6 is 0 Å². The average molecular weight is 538 g/mol. The first-order valence-electron chi connectivity index (χ1n) is 12.2. The van der Waals surface area contributed by atoms with E-state index in [2.05, 4.69) is 5.32 Å². The molecular weight excluding hydrogens is 507 g/mol. The van der Waals surface area contributed by atoms with Crippen molar-refractivity contribution in [3.05, 3.63) is 59.4 Å². The predicted molar refractivity (Wildman–Crippen MR) is 132 cm³/mol. The number of amides is 2. The number of piperidine rings is 1. The van der Waals surface area contributed by atoms with Gasteiger partial charge in [0.05, 0.1) is 10.6 Å². The summed E-state index contributed by atoms with van der Waals surface area (Å²) < 4.78 is 66.4. The van der Waals surface area contributed by atoms with Crippen LogP contribution in [0.5, 0.6) is 0 Å². The highest BCUT2D eigenvalue weighted by Gasteiger charge is 2.44. The van der Waals surface area contributed by atoms with Crippen LogP contribution in [0, 0.1) is 23.4 Å². The molecule has 2 aromatic carbocycles. The number of sulfone groups is 1. The largest absolute Gasteiger partial charge is 0.337 e. The molecular formula is C26H30F3N3O4S. The third-order valence-corrected chi connectivity index (χ3v) is 9.06. The quantitative estimate of drug-likeness (QED) is 0.501. The molecule has 200 valence electrons. The lowest BCUT2D eigenvalue weighted by molar-refractivity contribution is -0.136. The Balaban J connectivity index is 1.34. The molecule has 0 radical (unpaired) electrons. The molecule has 0 unspecified atom stereocenters. The molecule has 2 fully saturated rings. The Morgan fingerprint density at radius 3 is 2.22 bits per heavy atom. The third kappa shape index (κ3) is 6.15. The monoisotopic (exact) mass is 537 g/mol. The van der Waals surface area contributed by atoms with E-state index in [0.29, 0.717) is 24.6 Å². The number of fused-ring (bicyclic) bond motifs is 2. The molecule has 11 heteroatoms. The maximum Gasteiger partial charge on any atom is 0.224 e. The van der Waals surface area contributed by atoms with Crippen molar-refractivity contribution in [2.45, 2.75) is 68.5 Å². The lowest BCUT2D eigenvalue weighted by Crippen LogP contribution is -2.50. The van der Waals surface area contributed by atoms with E-state index in [9.17, 15) is 31.2 Å². The maximum atomic E-state index is 14.1. The molecule has 2 aliphatic heterocycles. The summed E-state index contributed by atoms with van der Waals surface area (Å²) in [7, 11) is -3.70. The molecule has 2 bridgehead atoms. The van der Waals surface area contributed by atoms with Crippen LogP contribution in [0.1, 0.15) is 44.6 Å². The van der Waals surface area contributed by atoms with Gasteiger partial charge in [-0.1, -0.05) is 0 Å². The van der Waals surface area contributed by atoms with Crippen molar-refractivity contribution >= 4 is 27.3 Å². The SMILES string of the molecule is CC(=O)Nc1ccc(S(=O)(=O)CCC(=O)N2[C@@H]3CC[C@H]2C[C@@H]([C@H](N)Cc2cc(F)c(F)cc2F)C3)cc1. The number of hydrogen-bond donors (Lipinski definition) is 2. The van der Waals surface area contributed by atoms with Crippen LogP contribution in [-0.2, 0) is 25.8 Å². The summed E-state index contributed by atoms with van der Waals surface area (Å²) in [5.74, 6) is -4.07. The minimum absolute atomic E-state index is 0.0209. The number of benzene rings is 2. The summed E-state index contributed by atoms with van der Waals surface area (Å²) in [4.78, 5) is 26.0. The second-order valence-corrected chi connectivity index (χ2v) is 12.0. The highest BCUT2D eigenvalue weighted by Crippen LogP contribution is 2.40. The van der Waals surface area contributed by atoms with E-state index >= 15 is 0 Å². The first-order chi connectivity index (χ1) is 17.4. The van der Waals surface area contributed by atoms with Gasteiger partial charge in [0, 0.05) is 43.2 Å². The number of carbonyl (C=O) groups is 2. The Hall–Kier alpha value is -2.92. The van der Waals surface area contributed by atoms with Crippen molar-refractivity contribution in [1.29, 1.82) is 0 Å². The number of nitrogens with one attached hydrogen (secondary N) is 1. The molecule has 2 amide bonds. The van der Waals surface area contributed by atoms with Crippen LogP contribution in [0.25, 0.3) is 0 Å². The summed E-state index contributed by atoms with van der Waals surface area (Å²) in [5.41, 5.74) is 6.84. The van der Waals surface area contributed by atoms with E-state index in [0.717, 1.165) is 18.9 Å². The molecule has 2 aromatic rings. The molecule has 0 saturated carbocycles. The van der Waals surface area contributed by atoms with Gasteiger partial charge >= 0.3 is 0 Å². The standard InChI is InChI=1S/C26H30F3N3O4S/c1-15(33)31-18-2-6-21(7-3-18)37(35,36)9-8-26(34)32-19-4-5-20(32)11-17(10-19)25(30)13-16-12-23(28)24(29)14-22(16)27/h2-3,6-7,12,14,17,19-20,25H,4-5,8-11,13,30H2,1H3,(H,31,33)/t17-,19+,20-,25-/m1/s1. The Labute approximate surface area is 214 Å². The number of anilines is 1. The van der Waals surface area contributed by atoms with Gasteiger partial charge in [0.1, 0.15) is 5.82 Å². The van der Waals surface area contributed by atoms with Crippen molar-refractivity contribution in [3.8, 4) is 0 Å². The Morgan fingerprint density at radius 2 is 1.62 bits per heavy atom. The van der Waals surface area contributed by atoms with Gasteiger partial charge in [-0.2, -0.15) is 0 Å². The van der Waals surface area contributed by atoms with Gasteiger partial charge in [-0.05, 0) is 73.9 Å². The first kappa shape index (κ1) is 27.1. The fourth-order valence-corrected chi connectivity index (χ4v) is 6.76. The van der Waals surface area contributed by atoms with Crippen molar-refractivity contribution in [3.63, 3.8) is 0 Å². The summed E-state index contributed by atoms with van der Waals surface area (Å²) >= 11 is 0. The molecule has 0 aliphatic carbocycles. The zero-order valence-corrected chi connectivity index (χ0v) is 21.2. The number of halogens is 3. The van der Waals surface area contributed by atoms with Crippen LogP contribution in [0.3, 0.4) is 0 Å². The fourth-order valence-electron chi connectivity index (χ4n) is 5.53. The highest BCUT2D eigenvalue weighted by atomic mass is 32.2. The van der Waals surface area contributed by atoms with E-state index in [4.69, 9.17) is 5.73 Å². The minimum Gasteiger partial charge on any atom is -0.337 e. The van der Waals surface area contributed by atoms with E-state index in [1.165, 1.54) is 31.2 Å². The summed E-state index contributed by atoms with van der Waals surface area (Å²) in [6.45, 7) is 1.35. The third-order valence-electron chi connectivity index (χ3n) is 7.33. The van der Waals surface area contributed by atoms with Crippen molar-refractivity contribution in [2.24, 2.45) is 11.7 Å². The molecule has 0 aromatic heterocycles. The maximum absolute atomic E-state index is 14.1. The zero-order valence-electron chi connectivity index (χ0n) is 20.4. The van der Waals surface area contributed by atoms with E-state index in [-0.39, 0.29) is 58.9 Å². The molecule has 37 heavy (non-hydrogen) atoms. The molecule has 2 heterocycles. The highest BCUT2D eigenvalue weighted by molar-refractivity contribution is 7.91.